The van der Waals surface area contributed by atoms with Gasteiger partial charge in [0.15, 0.2) is 0 Å². The lowest BCUT2D eigenvalue weighted by molar-refractivity contribution is -0.142. The molecular formula is C25H33N5O8. The van der Waals surface area contributed by atoms with E-state index >= 15 is 0 Å². The summed E-state index contributed by atoms with van der Waals surface area (Å²) in [6.07, 6.45) is 0.259. The monoisotopic (exact) mass is 531 g/mol. The number of aliphatic hydroxyl groups is 2. The lowest BCUT2D eigenvalue weighted by atomic mass is 10.0. The van der Waals surface area contributed by atoms with Crippen LogP contribution in [0, 0.1) is 0 Å². The minimum Gasteiger partial charge on any atom is -0.480 e. The van der Waals surface area contributed by atoms with Crippen molar-refractivity contribution in [1.29, 1.82) is 0 Å². The van der Waals surface area contributed by atoms with Crippen LogP contribution in [0.4, 0.5) is 0 Å². The number of carbonyl (C=O) groups is 5. The number of aromatic amines is 1. The molecule has 2 rings (SSSR count). The maximum absolute atomic E-state index is 13.0. The molecule has 206 valence electrons. The molecule has 0 aliphatic rings. The summed E-state index contributed by atoms with van der Waals surface area (Å²) in [4.78, 5) is 65.0. The number of aromatic nitrogens is 1. The largest absolute Gasteiger partial charge is 0.480 e. The average molecular weight is 532 g/mol. The zero-order chi connectivity index (χ0) is 28.2. The predicted molar refractivity (Wildman–Crippen MR) is 135 cm³/mol. The molecule has 13 heteroatoms. The fourth-order valence-corrected chi connectivity index (χ4v) is 3.49. The van der Waals surface area contributed by atoms with Gasteiger partial charge in [0.25, 0.3) is 5.91 Å². The first-order chi connectivity index (χ1) is 18.1. The standard InChI is InChI=1S/C25H33N5O8/c1-3-16(25(37)38)27-22(34)18(12-15-8-5-4-6-9-15)28-23(35)19(13-31)29-24(36)20(14(2)32)30-21(33)17-10-7-11-26-17/h4-11,14,16,18-20,26,31-32H,3,12-13H2,1-2H3,(H,27,34)(H,28,35)(H,29,36)(H,30,33)(H,37,38)/t14-,16?,18+,19+,20+/m1/s1. The fourth-order valence-electron chi connectivity index (χ4n) is 3.49. The van der Waals surface area contributed by atoms with Gasteiger partial charge in [-0.1, -0.05) is 37.3 Å². The summed E-state index contributed by atoms with van der Waals surface area (Å²) < 4.78 is 0. The van der Waals surface area contributed by atoms with Crippen LogP contribution in [0.15, 0.2) is 48.7 Å². The number of carbonyl (C=O) groups excluding carboxylic acids is 4. The average Bonchev–Trinajstić information content (AvgIpc) is 3.43. The van der Waals surface area contributed by atoms with Gasteiger partial charge in [0.2, 0.25) is 17.7 Å². The molecule has 0 saturated heterocycles. The number of hydrogen-bond donors (Lipinski definition) is 8. The van der Waals surface area contributed by atoms with E-state index in [0.717, 1.165) is 0 Å². The van der Waals surface area contributed by atoms with Crippen LogP contribution in [0.5, 0.6) is 0 Å². The van der Waals surface area contributed by atoms with E-state index in [9.17, 15) is 39.3 Å². The molecule has 0 aliphatic heterocycles. The highest BCUT2D eigenvalue weighted by atomic mass is 16.4. The molecule has 5 atom stereocenters. The summed E-state index contributed by atoms with van der Waals surface area (Å²) >= 11 is 0. The van der Waals surface area contributed by atoms with Gasteiger partial charge >= 0.3 is 5.97 Å². The van der Waals surface area contributed by atoms with Crippen molar-refractivity contribution in [3.05, 3.63) is 59.9 Å². The first-order valence-electron chi connectivity index (χ1n) is 12.0. The number of H-pyrrole nitrogens is 1. The SMILES string of the molecule is CCC(NC(=O)[C@H](Cc1ccccc1)NC(=O)[C@H](CO)NC(=O)[C@@H](NC(=O)c1ccc[nH]1)[C@@H](C)O)C(=O)O. The van der Waals surface area contributed by atoms with Crippen LogP contribution in [0.25, 0.3) is 0 Å². The zero-order valence-corrected chi connectivity index (χ0v) is 21.0. The summed E-state index contributed by atoms with van der Waals surface area (Å²) in [5.41, 5.74) is 0.809. The summed E-state index contributed by atoms with van der Waals surface area (Å²) in [5, 5.41) is 38.5. The molecule has 1 aromatic carbocycles. The molecule has 0 radical (unpaired) electrons. The van der Waals surface area contributed by atoms with E-state index in [0.29, 0.717) is 5.56 Å². The quantitative estimate of drug-likeness (QED) is 0.146. The fraction of sp³-hybridized carbons (Fsp3) is 0.400. The van der Waals surface area contributed by atoms with E-state index in [4.69, 9.17) is 0 Å². The van der Waals surface area contributed by atoms with Gasteiger partial charge < -0.3 is 41.6 Å². The van der Waals surface area contributed by atoms with E-state index in [1.54, 1.807) is 43.3 Å². The molecule has 38 heavy (non-hydrogen) atoms. The number of nitrogens with one attached hydrogen (secondary N) is 5. The number of hydrogen-bond acceptors (Lipinski definition) is 7. The number of benzene rings is 1. The highest BCUT2D eigenvalue weighted by molar-refractivity contribution is 5.98. The van der Waals surface area contributed by atoms with Gasteiger partial charge in [-0.05, 0) is 31.0 Å². The lowest BCUT2D eigenvalue weighted by Crippen LogP contribution is -2.60. The van der Waals surface area contributed by atoms with Crippen LogP contribution in [0.3, 0.4) is 0 Å². The van der Waals surface area contributed by atoms with Crippen LogP contribution in [0.2, 0.25) is 0 Å². The molecule has 0 spiro atoms. The Morgan fingerprint density at radius 3 is 1.97 bits per heavy atom. The van der Waals surface area contributed by atoms with Crippen molar-refractivity contribution in [3.63, 3.8) is 0 Å². The smallest absolute Gasteiger partial charge is 0.326 e. The van der Waals surface area contributed by atoms with Crippen molar-refractivity contribution in [2.45, 2.75) is 57.0 Å². The first kappa shape index (κ1) is 30.0. The van der Waals surface area contributed by atoms with Crippen molar-refractivity contribution in [2.75, 3.05) is 6.61 Å². The molecule has 1 heterocycles. The Morgan fingerprint density at radius 2 is 1.45 bits per heavy atom. The summed E-state index contributed by atoms with van der Waals surface area (Å²) in [6.45, 7) is 1.98. The molecule has 0 saturated carbocycles. The number of aliphatic carboxylic acids is 1. The Kier molecular flexibility index (Phi) is 11.4. The maximum atomic E-state index is 13.0. The number of aliphatic hydroxyl groups excluding tert-OH is 2. The summed E-state index contributed by atoms with van der Waals surface area (Å²) in [5.74, 6) is -4.56. The van der Waals surface area contributed by atoms with Crippen LogP contribution >= 0.6 is 0 Å². The number of carboxylic acid groups (broad SMARTS) is 1. The molecule has 2 aromatic rings. The minimum atomic E-state index is -1.54. The third-order valence-electron chi connectivity index (χ3n) is 5.65. The second-order valence-electron chi connectivity index (χ2n) is 8.58. The van der Waals surface area contributed by atoms with E-state index < -0.39 is 66.5 Å². The van der Waals surface area contributed by atoms with E-state index in [1.807, 2.05) is 0 Å². The van der Waals surface area contributed by atoms with Crippen molar-refractivity contribution < 1.29 is 39.3 Å². The molecule has 13 nitrogen and oxygen atoms in total. The van der Waals surface area contributed by atoms with E-state index in [1.165, 1.54) is 19.2 Å². The maximum Gasteiger partial charge on any atom is 0.326 e. The highest BCUT2D eigenvalue weighted by Gasteiger charge is 2.32. The first-order valence-corrected chi connectivity index (χ1v) is 12.0. The van der Waals surface area contributed by atoms with Gasteiger partial charge in [0, 0.05) is 12.6 Å². The summed E-state index contributed by atoms with van der Waals surface area (Å²) in [6, 6.07) is 6.26. The van der Waals surface area contributed by atoms with Gasteiger partial charge in [-0.25, -0.2) is 4.79 Å². The normalized spacial score (nSPS) is 14.7. The zero-order valence-electron chi connectivity index (χ0n) is 21.0. The predicted octanol–water partition coefficient (Wildman–Crippen LogP) is -1.32. The number of rotatable bonds is 14. The molecule has 0 aliphatic carbocycles. The van der Waals surface area contributed by atoms with Gasteiger partial charge in [0.1, 0.15) is 29.9 Å². The van der Waals surface area contributed by atoms with Gasteiger partial charge in [0.05, 0.1) is 12.7 Å². The highest BCUT2D eigenvalue weighted by Crippen LogP contribution is 2.06. The third-order valence-corrected chi connectivity index (χ3v) is 5.65. The second kappa shape index (κ2) is 14.5. The lowest BCUT2D eigenvalue weighted by Gasteiger charge is -2.26. The molecular weight excluding hydrogens is 498 g/mol. The Labute approximate surface area is 219 Å². The van der Waals surface area contributed by atoms with Gasteiger partial charge in [-0.2, -0.15) is 0 Å². The molecule has 1 unspecified atom stereocenters. The van der Waals surface area contributed by atoms with E-state index in [2.05, 4.69) is 26.3 Å². The van der Waals surface area contributed by atoms with Crippen molar-refractivity contribution in [1.82, 2.24) is 26.3 Å². The minimum absolute atomic E-state index is 0.00304. The van der Waals surface area contributed by atoms with Crippen molar-refractivity contribution >= 4 is 29.6 Å². The topological polar surface area (TPSA) is 210 Å². The Bertz CT molecular complexity index is 1090. The van der Waals surface area contributed by atoms with Crippen LogP contribution in [0.1, 0.15) is 36.3 Å². The molecule has 0 fully saturated rings. The van der Waals surface area contributed by atoms with Gasteiger partial charge in [-0.3, -0.25) is 19.2 Å². The van der Waals surface area contributed by atoms with Crippen LogP contribution in [-0.4, -0.2) is 86.8 Å². The van der Waals surface area contributed by atoms with E-state index in [-0.39, 0.29) is 18.5 Å². The number of carboxylic acids is 1. The molecule has 4 amide bonds. The Balaban J connectivity index is 2.15. The Morgan fingerprint density at radius 1 is 0.842 bits per heavy atom. The molecule has 8 N–H and O–H groups in total. The molecule has 1 aromatic heterocycles. The summed E-state index contributed by atoms with van der Waals surface area (Å²) in [7, 11) is 0. The second-order valence-corrected chi connectivity index (χ2v) is 8.58. The third kappa shape index (κ3) is 8.71. The van der Waals surface area contributed by atoms with Crippen molar-refractivity contribution in [3.8, 4) is 0 Å². The van der Waals surface area contributed by atoms with Gasteiger partial charge in [-0.15, -0.1) is 0 Å². The molecule has 0 bridgehead atoms. The van der Waals surface area contributed by atoms with Crippen molar-refractivity contribution in [2.24, 2.45) is 0 Å². The Hall–Kier alpha value is -4.23. The van der Waals surface area contributed by atoms with Crippen LogP contribution < -0.4 is 21.3 Å². The number of amides is 4. The van der Waals surface area contributed by atoms with Crippen LogP contribution in [-0.2, 0) is 25.6 Å².